The Labute approximate surface area is 117 Å². The molecule has 1 aliphatic heterocycles. The molecule has 0 spiro atoms. The highest BCUT2D eigenvalue weighted by atomic mass is 16.5. The first kappa shape index (κ1) is 14.4. The average molecular weight is 261 g/mol. The van der Waals surface area contributed by atoms with Gasteiger partial charge in [-0.25, -0.2) is 0 Å². The zero-order valence-electron chi connectivity index (χ0n) is 13.1. The van der Waals surface area contributed by atoms with E-state index in [2.05, 4.69) is 65.2 Å². The van der Waals surface area contributed by atoms with E-state index >= 15 is 0 Å². The maximum Gasteiger partial charge on any atom is 0.123 e. The van der Waals surface area contributed by atoms with Gasteiger partial charge in [0.1, 0.15) is 11.4 Å². The summed E-state index contributed by atoms with van der Waals surface area (Å²) < 4.78 is 5.95. The lowest BCUT2D eigenvalue weighted by molar-refractivity contribution is 0.138. The summed E-state index contributed by atoms with van der Waals surface area (Å²) in [6.45, 7) is 11.2. The fourth-order valence-electron chi connectivity index (χ4n) is 2.94. The molecule has 2 unspecified atom stereocenters. The summed E-state index contributed by atoms with van der Waals surface area (Å²) in [4.78, 5) is 0. The second-order valence-electron chi connectivity index (χ2n) is 6.78. The van der Waals surface area contributed by atoms with Crippen molar-refractivity contribution in [2.24, 2.45) is 11.8 Å². The Balaban J connectivity index is 2.28. The van der Waals surface area contributed by atoms with Crippen LogP contribution in [0.15, 0.2) is 18.2 Å². The monoisotopic (exact) mass is 261 g/mol. The lowest BCUT2D eigenvalue weighted by Gasteiger charge is -2.27. The van der Waals surface area contributed by atoms with Gasteiger partial charge >= 0.3 is 0 Å². The minimum Gasteiger partial charge on any atom is -0.487 e. The number of hydrogen-bond acceptors (Lipinski definition) is 2. The normalized spacial score (nSPS) is 19.9. The molecule has 2 heteroatoms. The first-order valence-corrected chi connectivity index (χ1v) is 7.33. The largest absolute Gasteiger partial charge is 0.487 e. The predicted molar refractivity (Wildman–Crippen MR) is 80.7 cm³/mol. The van der Waals surface area contributed by atoms with Gasteiger partial charge in [-0.05, 0) is 49.9 Å². The number of ether oxygens (including phenoxy) is 1. The third-order valence-electron chi connectivity index (χ3n) is 4.33. The van der Waals surface area contributed by atoms with Crippen LogP contribution in [0, 0.1) is 11.8 Å². The van der Waals surface area contributed by atoms with Crippen molar-refractivity contribution in [1.29, 1.82) is 0 Å². The van der Waals surface area contributed by atoms with Crippen molar-refractivity contribution in [2.75, 3.05) is 7.05 Å². The summed E-state index contributed by atoms with van der Waals surface area (Å²) in [7, 11) is 2.05. The molecule has 1 aromatic rings. The van der Waals surface area contributed by atoms with Crippen LogP contribution in [0.2, 0.25) is 0 Å². The molecule has 0 radical (unpaired) electrons. The second kappa shape index (κ2) is 5.16. The van der Waals surface area contributed by atoms with Gasteiger partial charge in [-0.3, -0.25) is 0 Å². The lowest BCUT2D eigenvalue weighted by atomic mass is 9.85. The van der Waals surface area contributed by atoms with Crippen LogP contribution in [0.5, 0.6) is 5.75 Å². The molecule has 1 aliphatic rings. The second-order valence-corrected chi connectivity index (χ2v) is 6.78. The van der Waals surface area contributed by atoms with E-state index in [4.69, 9.17) is 4.74 Å². The van der Waals surface area contributed by atoms with Crippen LogP contribution >= 0.6 is 0 Å². The number of benzene rings is 1. The van der Waals surface area contributed by atoms with E-state index in [9.17, 15) is 0 Å². The SMILES string of the molecule is CNC(c1ccc2c(c1)CC(C)(C)O2)C(C)C(C)C. The molecule has 0 saturated heterocycles. The van der Waals surface area contributed by atoms with Crippen molar-refractivity contribution in [3.05, 3.63) is 29.3 Å². The van der Waals surface area contributed by atoms with Gasteiger partial charge in [0, 0.05) is 12.5 Å². The van der Waals surface area contributed by atoms with Crippen molar-refractivity contribution in [2.45, 2.75) is 52.7 Å². The highest BCUT2D eigenvalue weighted by Crippen LogP contribution is 2.37. The fraction of sp³-hybridized carbons (Fsp3) is 0.647. The minimum atomic E-state index is -0.0558. The molecule has 2 atom stereocenters. The fourth-order valence-corrected chi connectivity index (χ4v) is 2.94. The minimum absolute atomic E-state index is 0.0558. The highest BCUT2D eigenvalue weighted by molar-refractivity contribution is 5.42. The van der Waals surface area contributed by atoms with Crippen molar-refractivity contribution in [3.63, 3.8) is 0 Å². The Morgan fingerprint density at radius 3 is 2.47 bits per heavy atom. The molecule has 2 nitrogen and oxygen atoms in total. The summed E-state index contributed by atoms with van der Waals surface area (Å²) in [5.74, 6) is 2.33. The lowest BCUT2D eigenvalue weighted by Crippen LogP contribution is -2.26. The Morgan fingerprint density at radius 2 is 1.89 bits per heavy atom. The van der Waals surface area contributed by atoms with E-state index < -0.39 is 0 Å². The van der Waals surface area contributed by atoms with E-state index in [1.54, 1.807) is 0 Å². The Bertz CT molecular complexity index is 451. The maximum atomic E-state index is 5.95. The number of nitrogens with one attached hydrogen (secondary N) is 1. The first-order chi connectivity index (χ1) is 8.84. The van der Waals surface area contributed by atoms with Crippen molar-refractivity contribution < 1.29 is 4.74 Å². The van der Waals surface area contributed by atoms with E-state index in [1.165, 1.54) is 11.1 Å². The summed E-state index contributed by atoms with van der Waals surface area (Å²) in [6.07, 6.45) is 1.00. The van der Waals surface area contributed by atoms with Gasteiger partial charge in [-0.1, -0.05) is 32.9 Å². The molecule has 2 rings (SSSR count). The van der Waals surface area contributed by atoms with Crippen LogP contribution in [0.1, 0.15) is 51.8 Å². The third kappa shape index (κ3) is 2.94. The van der Waals surface area contributed by atoms with Gasteiger partial charge in [0.05, 0.1) is 0 Å². The molecule has 106 valence electrons. The van der Waals surface area contributed by atoms with Crippen LogP contribution in [0.25, 0.3) is 0 Å². The molecule has 0 aromatic heterocycles. The molecular formula is C17H27NO. The van der Waals surface area contributed by atoms with Gasteiger partial charge in [0.15, 0.2) is 0 Å². The quantitative estimate of drug-likeness (QED) is 0.886. The van der Waals surface area contributed by atoms with Crippen LogP contribution in [0.3, 0.4) is 0 Å². The zero-order chi connectivity index (χ0) is 14.2. The Kier molecular flexibility index (Phi) is 3.91. The smallest absolute Gasteiger partial charge is 0.123 e. The predicted octanol–water partition coefficient (Wildman–Crippen LogP) is 3.95. The van der Waals surface area contributed by atoms with Crippen LogP contribution in [-0.4, -0.2) is 12.6 Å². The van der Waals surface area contributed by atoms with Gasteiger partial charge < -0.3 is 10.1 Å². The molecular weight excluding hydrogens is 234 g/mol. The highest BCUT2D eigenvalue weighted by Gasteiger charge is 2.31. The van der Waals surface area contributed by atoms with Gasteiger partial charge in [0.2, 0.25) is 0 Å². The molecule has 1 aromatic carbocycles. The number of rotatable bonds is 4. The Morgan fingerprint density at radius 1 is 1.21 bits per heavy atom. The van der Waals surface area contributed by atoms with Crippen LogP contribution in [0.4, 0.5) is 0 Å². The summed E-state index contributed by atoms with van der Waals surface area (Å²) in [5.41, 5.74) is 2.67. The van der Waals surface area contributed by atoms with Gasteiger partial charge in [-0.2, -0.15) is 0 Å². The number of hydrogen-bond donors (Lipinski definition) is 1. The van der Waals surface area contributed by atoms with E-state index in [-0.39, 0.29) is 5.60 Å². The molecule has 1 heterocycles. The topological polar surface area (TPSA) is 21.3 Å². The number of fused-ring (bicyclic) bond motifs is 1. The van der Waals surface area contributed by atoms with E-state index in [0.29, 0.717) is 17.9 Å². The van der Waals surface area contributed by atoms with Crippen molar-refractivity contribution >= 4 is 0 Å². The Hall–Kier alpha value is -1.02. The molecule has 0 aliphatic carbocycles. The molecule has 0 saturated carbocycles. The van der Waals surface area contributed by atoms with Gasteiger partial charge in [-0.15, -0.1) is 0 Å². The first-order valence-electron chi connectivity index (χ1n) is 7.33. The third-order valence-corrected chi connectivity index (χ3v) is 4.33. The average Bonchev–Trinajstić information content (AvgIpc) is 2.62. The molecule has 0 bridgehead atoms. The van der Waals surface area contributed by atoms with Gasteiger partial charge in [0.25, 0.3) is 0 Å². The maximum absolute atomic E-state index is 5.95. The summed E-state index contributed by atoms with van der Waals surface area (Å²) in [5, 5.41) is 3.47. The van der Waals surface area contributed by atoms with Crippen molar-refractivity contribution in [3.8, 4) is 5.75 Å². The van der Waals surface area contributed by atoms with Crippen LogP contribution < -0.4 is 10.1 Å². The van der Waals surface area contributed by atoms with Crippen LogP contribution in [-0.2, 0) is 6.42 Å². The van der Waals surface area contributed by atoms with E-state index in [0.717, 1.165) is 12.2 Å². The molecule has 0 amide bonds. The molecule has 1 N–H and O–H groups in total. The molecule has 19 heavy (non-hydrogen) atoms. The van der Waals surface area contributed by atoms with Crippen molar-refractivity contribution in [1.82, 2.24) is 5.32 Å². The van der Waals surface area contributed by atoms with E-state index in [1.807, 2.05) is 0 Å². The summed E-state index contributed by atoms with van der Waals surface area (Å²) in [6, 6.07) is 7.08. The standard InChI is InChI=1S/C17H27NO/c1-11(2)12(3)16(18-6)13-7-8-15-14(9-13)10-17(4,5)19-15/h7-9,11-12,16,18H,10H2,1-6H3. The molecule has 0 fully saturated rings. The summed E-state index contributed by atoms with van der Waals surface area (Å²) >= 11 is 0. The zero-order valence-corrected chi connectivity index (χ0v) is 13.1.